The molecule has 1 heterocycles. The molecule has 0 spiro atoms. The zero-order valence-electron chi connectivity index (χ0n) is 9.30. The largest absolute Gasteiger partial charge is 0.379 e. The molecule has 4 heteroatoms. The lowest BCUT2D eigenvalue weighted by Gasteiger charge is -2.26. The molecule has 1 aromatic carbocycles. The van der Waals surface area contributed by atoms with Crippen LogP contribution in [0, 0.1) is 18.6 Å². The van der Waals surface area contributed by atoms with E-state index in [-0.39, 0.29) is 5.56 Å². The van der Waals surface area contributed by atoms with E-state index in [2.05, 4.69) is 4.90 Å². The van der Waals surface area contributed by atoms with Crippen molar-refractivity contribution in [3.63, 3.8) is 0 Å². The summed E-state index contributed by atoms with van der Waals surface area (Å²) in [5.74, 6) is -0.938. The first-order valence-corrected chi connectivity index (χ1v) is 5.41. The van der Waals surface area contributed by atoms with Crippen molar-refractivity contribution in [2.24, 2.45) is 0 Å². The number of halogens is 2. The average molecular weight is 227 g/mol. The fourth-order valence-electron chi connectivity index (χ4n) is 1.81. The third-order valence-corrected chi connectivity index (χ3v) is 2.85. The molecule has 2 nitrogen and oxygen atoms in total. The summed E-state index contributed by atoms with van der Waals surface area (Å²) >= 11 is 0. The molecule has 0 aliphatic carbocycles. The number of nitrogens with zero attached hydrogens (tertiary/aromatic N) is 1. The number of hydrogen-bond acceptors (Lipinski definition) is 2. The van der Waals surface area contributed by atoms with Crippen LogP contribution in [0.4, 0.5) is 8.78 Å². The molecule has 0 amide bonds. The Morgan fingerprint density at radius 3 is 2.31 bits per heavy atom. The van der Waals surface area contributed by atoms with Crippen LogP contribution in [0.15, 0.2) is 12.1 Å². The molecule has 1 saturated heterocycles. The molecular formula is C12H15F2NO. The highest BCUT2D eigenvalue weighted by molar-refractivity contribution is 5.25. The van der Waals surface area contributed by atoms with Crippen molar-refractivity contribution in [1.82, 2.24) is 4.90 Å². The molecule has 16 heavy (non-hydrogen) atoms. The maximum atomic E-state index is 13.3. The Bertz CT molecular complexity index is 352. The molecule has 1 aliphatic heterocycles. The molecule has 1 aromatic rings. The van der Waals surface area contributed by atoms with Gasteiger partial charge in [0.05, 0.1) is 13.2 Å². The molecule has 0 bridgehead atoms. The summed E-state index contributed by atoms with van der Waals surface area (Å²) in [6.45, 7) is 5.04. The standard InChI is InChI=1S/C12H15F2NO/c1-9-11(13)6-10(7-12(9)14)8-15-2-4-16-5-3-15/h6-7H,2-5,8H2,1H3. The highest BCUT2D eigenvalue weighted by Gasteiger charge is 2.13. The molecule has 2 rings (SSSR count). The lowest BCUT2D eigenvalue weighted by molar-refractivity contribution is 0.0341. The van der Waals surface area contributed by atoms with Gasteiger partial charge in [0.15, 0.2) is 0 Å². The highest BCUT2D eigenvalue weighted by atomic mass is 19.1. The lowest BCUT2D eigenvalue weighted by Crippen LogP contribution is -2.35. The SMILES string of the molecule is Cc1c(F)cc(CN2CCOCC2)cc1F. The third-order valence-electron chi connectivity index (χ3n) is 2.85. The van der Waals surface area contributed by atoms with Crippen LogP contribution < -0.4 is 0 Å². The smallest absolute Gasteiger partial charge is 0.129 e. The first-order valence-electron chi connectivity index (χ1n) is 5.41. The molecule has 0 unspecified atom stereocenters. The van der Waals surface area contributed by atoms with Crippen molar-refractivity contribution in [1.29, 1.82) is 0 Å². The second kappa shape index (κ2) is 4.89. The van der Waals surface area contributed by atoms with Gasteiger partial charge in [-0.15, -0.1) is 0 Å². The van der Waals surface area contributed by atoms with Gasteiger partial charge in [0.2, 0.25) is 0 Å². The molecule has 1 aliphatic rings. The van der Waals surface area contributed by atoms with E-state index in [4.69, 9.17) is 4.74 Å². The van der Waals surface area contributed by atoms with Crippen molar-refractivity contribution in [2.45, 2.75) is 13.5 Å². The Labute approximate surface area is 93.8 Å². The van der Waals surface area contributed by atoms with Gasteiger partial charge in [0, 0.05) is 25.2 Å². The maximum Gasteiger partial charge on any atom is 0.129 e. The fourth-order valence-corrected chi connectivity index (χ4v) is 1.81. The minimum absolute atomic E-state index is 0.0886. The van der Waals surface area contributed by atoms with Crippen molar-refractivity contribution < 1.29 is 13.5 Å². The summed E-state index contributed by atoms with van der Waals surface area (Å²) in [5, 5.41) is 0. The predicted octanol–water partition coefficient (Wildman–Crippen LogP) is 2.11. The third kappa shape index (κ3) is 2.57. The number of hydrogen-bond donors (Lipinski definition) is 0. The first kappa shape index (κ1) is 11.5. The molecule has 0 saturated carbocycles. The van der Waals surface area contributed by atoms with Crippen LogP contribution >= 0.6 is 0 Å². The molecule has 0 aromatic heterocycles. The molecule has 0 N–H and O–H groups in total. The number of benzene rings is 1. The zero-order chi connectivity index (χ0) is 11.5. The zero-order valence-corrected chi connectivity index (χ0v) is 9.30. The Kier molecular flexibility index (Phi) is 3.51. The van der Waals surface area contributed by atoms with Crippen LogP contribution in [0.2, 0.25) is 0 Å². The van der Waals surface area contributed by atoms with Crippen LogP contribution in [0.3, 0.4) is 0 Å². The summed E-state index contributed by atoms with van der Waals surface area (Å²) in [6, 6.07) is 2.82. The van der Waals surface area contributed by atoms with Gasteiger partial charge < -0.3 is 4.74 Å². The Balaban J connectivity index is 2.09. The van der Waals surface area contributed by atoms with Gasteiger partial charge >= 0.3 is 0 Å². The number of rotatable bonds is 2. The van der Waals surface area contributed by atoms with E-state index in [1.807, 2.05) is 0 Å². The Morgan fingerprint density at radius 2 is 1.75 bits per heavy atom. The van der Waals surface area contributed by atoms with E-state index in [0.29, 0.717) is 25.3 Å². The average Bonchev–Trinajstić information content (AvgIpc) is 2.27. The van der Waals surface area contributed by atoms with Crippen LogP contribution in [-0.2, 0) is 11.3 Å². The summed E-state index contributed by atoms with van der Waals surface area (Å²) in [6.07, 6.45) is 0. The summed E-state index contributed by atoms with van der Waals surface area (Å²) in [4.78, 5) is 2.13. The lowest BCUT2D eigenvalue weighted by atomic mass is 10.1. The van der Waals surface area contributed by atoms with Crippen molar-refractivity contribution >= 4 is 0 Å². The highest BCUT2D eigenvalue weighted by Crippen LogP contribution is 2.16. The van der Waals surface area contributed by atoms with Crippen molar-refractivity contribution in [3.05, 3.63) is 34.9 Å². The molecule has 1 fully saturated rings. The van der Waals surface area contributed by atoms with Gasteiger partial charge in [-0.1, -0.05) is 0 Å². The van der Waals surface area contributed by atoms with E-state index >= 15 is 0 Å². The molecule has 0 radical (unpaired) electrons. The van der Waals surface area contributed by atoms with E-state index < -0.39 is 11.6 Å². The first-order chi connectivity index (χ1) is 7.66. The van der Waals surface area contributed by atoms with Crippen LogP contribution in [-0.4, -0.2) is 31.2 Å². The monoisotopic (exact) mass is 227 g/mol. The van der Waals surface area contributed by atoms with Crippen LogP contribution in [0.1, 0.15) is 11.1 Å². The van der Waals surface area contributed by atoms with Gasteiger partial charge in [-0.2, -0.15) is 0 Å². The minimum atomic E-state index is -0.469. The molecule has 0 atom stereocenters. The molecule has 88 valence electrons. The Morgan fingerprint density at radius 1 is 1.19 bits per heavy atom. The quantitative estimate of drug-likeness (QED) is 0.767. The number of morpholine rings is 1. The fraction of sp³-hybridized carbons (Fsp3) is 0.500. The summed E-state index contributed by atoms with van der Waals surface area (Å²) in [7, 11) is 0. The van der Waals surface area contributed by atoms with Gasteiger partial charge in [0.25, 0.3) is 0 Å². The van der Waals surface area contributed by atoms with E-state index in [1.54, 1.807) is 0 Å². The second-order valence-electron chi connectivity index (χ2n) is 4.07. The number of ether oxygens (including phenoxy) is 1. The summed E-state index contributed by atoms with van der Waals surface area (Å²) in [5.41, 5.74) is 0.772. The molecular weight excluding hydrogens is 212 g/mol. The van der Waals surface area contributed by atoms with Gasteiger partial charge in [0.1, 0.15) is 11.6 Å². The van der Waals surface area contributed by atoms with Gasteiger partial charge in [-0.05, 0) is 24.6 Å². The minimum Gasteiger partial charge on any atom is -0.379 e. The predicted molar refractivity (Wildman–Crippen MR) is 57.2 cm³/mol. The van der Waals surface area contributed by atoms with Crippen LogP contribution in [0.25, 0.3) is 0 Å². The second-order valence-corrected chi connectivity index (χ2v) is 4.07. The normalized spacial score (nSPS) is 17.7. The van der Waals surface area contributed by atoms with E-state index in [0.717, 1.165) is 13.1 Å². The van der Waals surface area contributed by atoms with Crippen LogP contribution in [0.5, 0.6) is 0 Å². The van der Waals surface area contributed by atoms with Gasteiger partial charge in [-0.25, -0.2) is 8.78 Å². The van der Waals surface area contributed by atoms with Crippen molar-refractivity contribution in [3.8, 4) is 0 Å². The van der Waals surface area contributed by atoms with E-state index in [9.17, 15) is 8.78 Å². The summed E-state index contributed by atoms with van der Waals surface area (Å²) < 4.78 is 31.8. The Hall–Kier alpha value is -1.00. The van der Waals surface area contributed by atoms with Crippen molar-refractivity contribution in [2.75, 3.05) is 26.3 Å². The topological polar surface area (TPSA) is 12.5 Å². The van der Waals surface area contributed by atoms with E-state index in [1.165, 1.54) is 19.1 Å². The van der Waals surface area contributed by atoms with Gasteiger partial charge in [-0.3, -0.25) is 4.90 Å². The maximum absolute atomic E-state index is 13.3.